The third-order valence-corrected chi connectivity index (χ3v) is 4.96. The van der Waals surface area contributed by atoms with E-state index in [4.69, 9.17) is 12.2 Å². The fourth-order valence-corrected chi connectivity index (χ4v) is 3.64. The van der Waals surface area contributed by atoms with Crippen LogP contribution in [0, 0.1) is 12.3 Å². The Morgan fingerprint density at radius 1 is 1.50 bits per heavy atom. The molecule has 0 aliphatic carbocycles. The molecule has 0 aromatic heterocycles. The van der Waals surface area contributed by atoms with Gasteiger partial charge in [-0.25, -0.2) is 8.42 Å². The molecule has 1 amide bonds. The maximum absolute atomic E-state index is 12.8. The van der Waals surface area contributed by atoms with Gasteiger partial charge in [0.05, 0.1) is 18.1 Å². The summed E-state index contributed by atoms with van der Waals surface area (Å²) in [7, 11) is -3.36. The minimum Gasteiger partial charge on any atom is -0.326 e. The van der Waals surface area contributed by atoms with E-state index in [1.54, 1.807) is 0 Å². The molecule has 1 fully saturated rings. The molecular weight excluding hydrogens is 297 g/mol. The molecule has 2 atom stereocenters. The number of amides is 1. The first-order valence-electron chi connectivity index (χ1n) is 5.73. The van der Waals surface area contributed by atoms with Crippen LogP contribution in [0.4, 0.5) is 13.2 Å². The predicted octanol–water partition coefficient (Wildman–Crippen LogP) is -0.0850. The standard InChI is InChI=1S/C11H15F3N2O3S/c1-3-5-16(8-4-6-20(18,19)7-8)9(17)10(2,15)11(12,13)14/h1,8H,4-7,15H2,2H3. The van der Waals surface area contributed by atoms with Gasteiger partial charge in [-0.3, -0.25) is 4.79 Å². The maximum atomic E-state index is 12.8. The van der Waals surface area contributed by atoms with Crippen molar-refractivity contribution in [3.8, 4) is 12.3 Å². The number of rotatable bonds is 3. The van der Waals surface area contributed by atoms with E-state index in [0.29, 0.717) is 6.92 Å². The summed E-state index contributed by atoms with van der Waals surface area (Å²) in [5.41, 5.74) is 1.97. The highest BCUT2D eigenvalue weighted by atomic mass is 32.2. The van der Waals surface area contributed by atoms with E-state index in [0.717, 1.165) is 4.90 Å². The first-order chi connectivity index (χ1) is 8.92. The van der Waals surface area contributed by atoms with Crippen LogP contribution in [-0.4, -0.2) is 55.0 Å². The molecule has 1 aliphatic heterocycles. The Labute approximate surface area is 115 Å². The molecule has 0 saturated carbocycles. The minimum atomic E-state index is -4.95. The normalized spacial score (nSPS) is 24.7. The first-order valence-corrected chi connectivity index (χ1v) is 7.55. The molecule has 2 N–H and O–H groups in total. The second-order valence-corrected chi connectivity index (χ2v) is 7.12. The molecule has 0 radical (unpaired) electrons. The van der Waals surface area contributed by atoms with E-state index in [1.165, 1.54) is 0 Å². The van der Waals surface area contributed by atoms with E-state index in [1.807, 2.05) is 0 Å². The van der Waals surface area contributed by atoms with Gasteiger partial charge in [0.2, 0.25) is 0 Å². The van der Waals surface area contributed by atoms with Crippen LogP contribution in [0.3, 0.4) is 0 Å². The quantitative estimate of drug-likeness (QED) is 0.739. The Morgan fingerprint density at radius 3 is 2.40 bits per heavy atom. The Kier molecular flexibility index (Phi) is 4.41. The number of halogens is 3. The molecule has 5 nitrogen and oxygen atoms in total. The highest BCUT2D eigenvalue weighted by Gasteiger charge is 2.56. The second kappa shape index (κ2) is 5.26. The van der Waals surface area contributed by atoms with E-state index in [2.05, 4.69) is 5.92 Å². The molecule has 0 bridgehead atoms. The summed E-state index contributed by atoms with van der Waals surface area (Å²) in [6.07, 6.45) is 0.149. The lowest BCUT2D eigenvalue weighted by Gasteiger charge is -2.35. The number of terminal acetylenes is 1. The Balaban J connectivity index is 3.04. The molecule has 114 valence electrons. The fourth-order valence-electron chi connectivity index (χ4n) is 1.91. The Morgan fingerprint density at radius 2 is 2.05 bits per heavy atom. The molecule has 1 heterocycles. The van der Waals surface area contributed by atoms with Crippen molar-refractivity contribution in [1.29, 1.82) is 0 Å². The van der Waals surface area contributed by atoms with Gasteiger partial charge in [-0.05, 0) is 13.3 Å². The predicted molar refractivity (Wildman–Crippen MR) is 66.3 cm³/mol. The summed E-state index contributed by atoms with van der Waals surface area (Å²) in [6, 6.07) is -0.867. The van der Waals surface area contributed by atoms with Crippen LogP contribution < -0.4 is 5.73 Å². The van der Waals surface area contributed by atoms with Crippen LogP contribution >= 0.6 is 0 Å². The number of nitrogens with two attached hydrogens (primary N) is 1. The Bertz CT molecular complexity index is 534. The van der Waals surface area contributed by atoms with Gasteiger partial charge in [0.1, 0.15) is 0 Å². The van der Waals surface area contributed by atoms with Gasteiger partial charge in [0.25, 0.3) is 5.91 Å². The molecule has 2 unspecified atom stereocenters. The lowest BCUT2D eigenvalue weighted by molar-refractivity contribution is -0.194. The Hall–Kier alpha value is -1.27. The van der Waals surface area contributed by atoms with Gasteiger partial charge >= 0.3 is 6.18 Å². The summed E-state index contributed by atoms with van der Waals surface area (Å²) in [4.78, 5) is 12.7. The van der Waals surface area contributed by atoms with E-state index in [-0.39, 0.29) is 12.2 Å². The SMILES string of the molecule is C#CCN(C(=O)C(C)(N)C(F)(F)F)C1CCS(=O)(=O)C1. The molecule has 0 spiro atoms. The highest BCUT2D eigenvalue weighted by Crippen LogP contribution is 2.31. The number of alkyl halides is 3. The van der Waals surface area contributed by atoms with Crippen molar-refractivity contribution in [3.63, 3.8) is 0 Å². The average Bonchev–Trinajstić information content (AvgIpc) is 2.64. The molecular formula is C11H15F3N2O3S. The summed E-state index contributed by atoms with van der Waals surface area (Å²) in [5.74, 6) is 0.0761. The van der Waals surface area contributed by atoms with Crippen LogP contribution in [-0.2, 0) is 14.6 Å². The van der Waals surface area contributed by atoms with Gasteiger partial charge in [0.15, 0.2) is 15.4 Å². The van der Waals surface area contributed by atoms with E-state index in [9.17, 15) is 26.4 Å². The number of carbonyl (C=O) groups excluding carboxylic acids is 1. The van der Waals surface area contributed by atoms with E-state index >= 15 is 0 Å². The zero-order valence-corrected chi connectivity index (χ0v) is 11.6. The number of hydrogen-bond acceptors (Lipinski definition) is 4. The number of hydrogen-bond donors (Lipinski definition) is 1. The molecule has 0 aromatic rings. The molecule has 0 aromatic carbocycles. The van der Waals surface area contributed by atoms with Gasteiger partial charge < -0.3 is 10.6 Å². The van der Waals surface area contributed by atoms with E-state index < -0.39 is 45.8 Å². The summed E-state index contributed by atoms with van der Waals surface area (Å²) < 4.78 is 61.1. The van der Waals surface area contributed by atoms with Crippen molar-refractivity contribution in [2.45, 2.75) is 31.1 Å². The van der Waals surface area contributed by atoms with Crippen molar-refractivity contribution in [1.82, 2.24) is 4.90 Å². The van der Waals surface area contributed by atoms with Crippen molar-refractivity contribution in [2.24, 2.45) is 5.73 Å². The summed E-state index contributed by atoms with van der Waals surface area (Å²) >= 11 is 0. The third-order valence-electron chi connectivity index (χ3n) is 3.20. The van der Waals surface area contributed by atoms with Gasteiger partial charge in [0, 0.05) is 6.04 Å². The highest BCUT2D eigenvalue weighted by molar-refractivity contribution is 7.91. The average molecular weight is 312 g/mol. The van der Waals surface area contributed by atoms with Crippen LogP contribution in [0.1, 0.15) is 13.3 Å². The summed E-state index contributed by atoms with van der Waals surface area (Å²) in [6.45, 7) is 0.129. The molecule has 1 saturated heterocycles. The van der Waals surface area contributed by atoms with Crippen LogP contribution in [0.25, 0.3) is 0 Å². The van der Waals surface area contributed by atoms with Crippen molar-refractivity contribution >= 4 is 15.7 Å². The number of carbonyl (C=O) groups is 1. The van der Waals surface area contributed by atoms with Crippen molar-refractivity contribution in [2.75, 3.05) is 18.1 Å². The van der Waals surface area contributed by atoms with Crippen LogP contribution in [0.5, 0.6) is 0 Å². The zero-order valence-electron chi connectivity index (χ0n) is 10.8. The molecule has 20 heavy (non-hydrogen) atoms. The topological polar surface area (TPSA) is 80.5 Å². The van der Waals surface area contributed by atoms with Crippen LogP contribution in [0.2, 0.25) is 0 Å². The number of sulfone groups is 1. The third kappa shape index (κ3) is 3.24. The smallest absolute Gasteiger partial charge is 0.326 e. The van der Waals surface area contributed by atoms with Crippen LogP contribution in [0.15, 0.2) is 0 Å². The summed E-state index contributed by atoms with van der Waals surface area (Å²) in [5, 5.41) is 0. The van der Waals surface area contributed by atoms with Crippen molar-refractivity contribution < 1.29 is 26.4 Å². The van der Waals surface area contributed by atoms with Gasteiger partial charge in [-0.1, -0.05) is 5.92 Å². The lowest BCUT2D eigenvalue weighted by atomic mass is 10.00. The monoisotopic (exact) mass is 312 g/mol. The zero-order chi connectivity index (χ0) is 15.8. The number of nitrogens with zero attached hydrogens (tertiary/aromatic N) is 1. The van der Waals surface area contributed by atoms with Gasteiger partial charge in [-0.2, -0.15) is 13.2 Å². The molecule has 9 heteroatoms. The molecule has 1 aliphatic rings. The fraction of sp³-hybridized carbons (Fsp3) is 0.727. The van der Waals surface area contributed by atoms with Crippen molar-refractivity contribution in [3.05, 3.63) is 0 Å². The first kappa shape index (κ1) is 16.8. The van der Waals surface area contributed by atoms with Gasteiger partial charge in [-0.15, -0.1) is 6.42 Å². The largest absolute Gasteiger partial charge is 0.415 e. The maximum Gasteiger partial charge on any atom is 0.415 e. The molecule has 1 rings (SSSR count). The minimum absolute atomic E-state index is 0.0592. The lowest BCUT2D eigenvalue weighted by Crippen LogP contribution is -2.63. The second-order valence-electron chi connectivity index (χ2n) is 4.89.